The van der Waals surface area contributed by atoms with E-state index in [1.807, 2.05) is 30.3 Å². The van der Waals surface area contributed by atoms with Gasteiger partial charge in [0.15, 0.2) is 11.5 Å². The molecule has 0 spiro atoms. The van der Waals surface area contributed by atoms with E-state index < -0.39 is 23.7 Å². The van der Waals surface area contributed by atoms with Crippen molar-refractivity contribution in [2.45, 2.75) is 6.61 Å². The number of hydrogen-bond acceptors (Lipinski definition) is 7. The number of imide groups is 1. The number of rotatable bonds is 7. The Labute approximate surface area is 186 Å². The summed E-state index contributed by atoms with van der Waals surface area (Å²) < 4.78 is 16.5. The van der Waals surface area contributed by atoms with Gasteiger partial charge in [0.1, 0.15) is 13.2 Å². The average molecular weight is 492 g/mol. The maximum Gasteiger partial charge on any atom is 0.325 e. The molecule has 2 amide bonds. The summed E-state index contributed by atoms with van der Waals surface area (Å²) >= 11 is 4.23. The van der Waals surface area contributed by atoms with Crippen LogP contribution in [0.2, 0.25) is 0 Å². The van der Waals surface area contributed by atoms with E-state index in [1.54, 1.807) is 18.2 Å². The van der Waals surface area contributed by atoms with Crippen LogP contribution in [0.5, 0.6) is 11.5 Å². The van der Waals surface area contributed by atoms with Crippen LogP contribution in [0.15, 0.2) is 51.8 Å². The quantitative estimate of drug-likeness (QED) is 0.422. The molecule has 0 atom stereocenters. The lowest BCUT2D eigenvalue weighted by Crippen LogP contribution is -2.34. The van der Waals surface area contributed by atoms with Crippen LogP contribution in [0.25, 0.3) is 6.08 Å². The minimum absolute atomic E-state index is 0.199. The Kier molecular flexibility index (Phi) is 7.17. The number of thioether (sulfide) groups is 1. The lowest BCUT2D eigenvalue weighted by molar-refractivity contribution is -0.143. The van der Waals surface area contributed by atoms with Crippen LogP contribution in [0, 0.1) is 0 Å². The van der Waals surface area contributed by atoms with Crippen LogP contribution in [0.3, 0.4) is 0 Å². The highest BCUT2D eigenvalue weighted by Gasteiger charge is 2.36. The van der Waals surface area contributed by atoms with E-state index in [0.717, 1.165) is 22.2 Å². The number of benzene rings is 2. The second-order valence-corrected chi connectivity index (χ2v) is 7.99. The molecule has 0 unspecified atom stereocenters. The molecule has 0 aliphatic carbocycles. The van der Waals surface area contributed by atoms with Crippen molar-refractivity contribution in [2.75, 3.05) is 20.8 Å². The lowest BCUT2D eigenvalue weighted by atomic mass is 10.1. The Hall–Kier alpha value is -2.78. The Morgan fingerprint density at radius 1 is 1.13 bits per heavy atom. The standard InChI is InChI=1S/C21H18BrNO6S/c1-27-16-8-14(9-18-20(25)23(21(26)30-18)11-19(24)28-2)15(22)10-17(16)29-12-13-6-4-3-5-7-13/h3-10H,11-12H2,1-2H3. The smallest absolute Gasteiger partial charge is 0.325 e. The van der Waals surface area contributed by atoms with Gasteiger partial charge >= 0.3 is 5.97 Å². The Morgan fingerprint density at radius 3 is 2.53 bits per heavy atom. The van der Waals surface area contributed by atoms with E-state index in [0.29, 0.717) is 28.1 Å². The summed E-state index contributed by atoms with van der Waals surface area (Å²) in [6.07, 6.45) is 1.57. The van der Waals surface area contributed by atoms with E-state index in [4.69, 9.17) is 9.47 Å². The topological polar surface area (TPSA) is 82.1 Å². The van der Waals surface area contributed by atoms with Gasteiger partial charge in [-0.05, 0) is 41.1 Å². The number of methoxy groups -OCH3 is 2. The molecule has 0 N–H and O–H groups in total. The zero-order valence-corrected chi connectivity index (χ0v) is 18.6. The van der Waals surface area contributed by atoms with Gasteiger partial charge in [0, 0.05) is 4.47 Å². The molecule has 1 aliphatic rings. The minimum Gasteiger partial charge on any atom is -0.493 e. The van der Waals surface area contributed by atoms with Gasteiger partial charge in [-0.1, -0.05) is 46.3 Å². The summed E-state index contributed by atoms with van der Waals surface area (Å²) in [6, 6.07) is 13.2. The molecule has 3 rings (SSSR count). The van der Waals surface area contributed by atoms with Crippen molar-refractivity contribution >= 4 is 50.9 Å². The van der Waals surface area contributed by atoms with E-state index in [2.05, 4.69) is 20.7 Å². The molecule has 1 fully saturated rings. The van der Waals surface area contributed by atoms with Crippen molar-refractivity contribution in [1.82, 2.24) is 4.90 Å². The summed E-state index contributed by atoms with van der Waals surface area (Å²) in [5, 5.41) is -0.525. The largest absolute Gasteiger partial charge is 0.493 e. The second kappa shape index (κ2) is 9.82. The third-order valence-electron chi connectivity index (χ3n) is 4.20. The van der Waals surface area contributed by atoms with Crippen molar-refractivity contribution < 1.29 is 28.6 Å². The van der Waals surface area contributed by atoms with Crippen molar-refractivity contribution in [3.05, 3.63) is 63.0 Å². The van der Waals surface area contributed by atoms with Crippen LogP contribution in [0.1, 0.15) is 11.1 Å². The molecular formula is C21H18BrNO6S. The summed E-state index contributed by atoms with van der Waals surface area (Å²) in [5.74, 6) is -0.203. The van der Waals surface area contributed by atoms with Crippen LogP contribution < -0.4 is 9.47 Å². The van der Waals surface area contributed by atoms with Gasteiger partial charge in [0.2, 0.25) is 0 Å². The number of hydrogen-bond donors (Lipinski definition) is 0. The first-order valence-electron chi connectivity index (χ1n) is 8.79. The van der Waals surface area contributed by atoms with E-state index >= 15 is 0 Å². The third kappa shape index (κ3) is 5.03. The Bertz CT molecular complexity index is 1010. The first-order chi connectivity index (χ1) is 14.4. The number of amides is 2. The monoisotopic (exact) mass is 491 g/mol. The zero-order chi connectivity index (χ0) is 21.7. The predicted octanol–water partition coefficient (Wildman–Crippen LogP) is 4.25. The van der Waals surface area contributed by atoms with E-state index in [1.165, 1.54) is 14.2 Å². The summed E-state index contributed by atoms with van der Waals surface area (Å²) in [4.78, 5) is 37.1. The maximum absolute atomic E-state index is 12.5. The van der Waals surface area contributed by atoms with Crippen LogP contribution in [-0.2, 0) is 20.9 Å². The number of halogens is 1. The number of esters is 1. The highest BCUT2D eigenvalue weighted by molar-refractivity contribution is 9.10. The summed E-state index contributed by atoms with van der Waals surface area (Å²) in [7, 11) is 2.72. The fourth-order valence-corrected chi connectivity index (χ4v) is 3.91. The highest BCUT2D eigenvalue weighted by atomic mass is 79.9. The molecule has 2 aromatic carbocycles. The molecule has 7 nitrogen and oxygen atoms in total. The Morgan fingerprint density at radius 2 is 1.87 bits per heavy atom. The lowest BCUT2D eigenvalue weighted by Gasteiger charge is -2.13. The van der Waals surface area contributed by atoms with Gasteiger partial charge in [0.25, 0.3) is 11.1 Å². The number of carbonyl (C=O) groups excluding carboxylic acids is 3. The number of ether oxygens (including phenoxy) is 3. The van der Waals surface area contributed by atoms with Gasteiger partial charge in [-0.15, -0.1) is 0 Å². The molecule has 0 bridgehead atoms. The first kappa shape index (κ1) is 21.9. The fourth-order valence-electron chi connectivity index (χ4n) is 2.64. The van der Waals surface area contributed by atoms with Crippen LogP contribution in [-0.4, -0.2) is 42.8 Å². The molecule has 30 heavy (non-hydrogen) atoms. The SMILES string of the molecule is COC(=O)CN1C(=O)SC(=Cc2cc(OC)c(OCc3ccccc3)cc2Br)C1=O. The summed E-state index contributed by atoms with van der Waals surface area (Å²) in [6.45, 7) is -0.0509. The molecule has 1 aliphatic heterocycles. The molecule has 0 radical (unpaired) electrons. The van der Waals surface area contributed by atoms with E-state index in [-0.39, 0.29) is 4.91 Å². The van der Waals surface area contributed by atoms with Gasteiger partial charge in [-0.3, -0.25) is 19.3 Å². The first-order valence-corrected chi connectivity index (χ1v) is 10.4. The highest BCUT2D eigenvalue weighted by Crippen LogP contribution is 2.38. The van der Waals surface area contributed by atoms with Crippen molar-refractivity contribution in [3.8, 4) is 11.5 Å². The average Bonchev–Trinajstić information content (AvgIpc) is 3.01. The van der Waals surface area contributed by atoms with Crippen molar-refractivity contribution in [2.24, 2.45) is 0 Å². The van der Waals surface area contributed by atoms with E-state index in [9.17, 15) is 14.4 Å². The predicted molar refractivity (Wildman–Crippen MR) is 116 cm³/mol. The molecule has 9 heteroatoms. The molecule has 2 aromatic rings. The van der Waals surface area contributed by atoms with Gasteiger partial charge < -0.3 is 14.2 Å². The van der Waals surface area contributed by atoms with Gasteiger partial charge in [0.05, 0.1) is 19.1 Å². The minimum atomic E-state index is -0.665. The normalized spacial score (nSPS) is 14.9. The molecular weight excluding hydrogens is 474 g/mol. The van der Waals surface area contributed by atoms with Crippen LogP contribution in [0.4, 0.5) is 4.79 Å². The van der Waals surface area contributed by atoms with Crippen molar-refractivity contribution in [3.63, 3.8) is 0 Å². The molecule has 1 saturated heterocycles. The van der Waals surface area contributed by atoms with Crippen molar-refractivity contribution in [1.29, 1.82) is 0 Å². The fraction of sp³-hybridized carbons (Fsp3) is 0.190. The maximum atomic E-state index is 12.5. The number of nitrogens with zero attached hydrogens (tertiary/aromatic N) is 1. The second-order valence-electron chi connectivity index (χ2n) is 6.14. The zero-order valence-electron chi connectivity index (χ0n) is 16.2. The molecule has 1 heterocycles. The number of carbonyl (C=O) groups is 3. The van der Waals surface area contributed by atoms with Gasteiger partial charge in [-0.25, -0.2) is 0 Å². The van der Waals surface area contributed by atoms with Crippen LogP contribution >= 0.6 is 27.7 Å². The summed E-state index contributed by atoms with van der Waals surface area (Å²) in [5.41, 5.74) is 1.64. The molecule has 156 valence electrons. The molecule has 0 aromatic heterocycles. The third-order valence-corrected chi connectivity index (χ3v) is 5.79. The Balaban J connectivity index is 1.82. The molecule has 0 saturated carbocycles. The van der Waals surface area contributed by atoms with Gasteiger partial charge in [-0.2, -0.15) is 0 Å².